The van der Waals surface area contributed by atoms with Gasteiger partial charge in [-0.1, -0.05) is 27.8 Å². The molecule has 0 aromatic carbocycles. The van der Waals surface area contributed by atoms with Crippen LogP contribution in [-0.4, -0.2) is 23.4 Å². The van der Waals surface area contributed by atoms with Crippen molar-refractivity contribution < 1.29 is 9.53 Å². The van der Waals surface area contributed by atoms with Crippen LogP contribution in [0.25, 0.3) is 0 Å². The average molecular weight is 268 g/mol. The molecule has 0 N–H and O–H groups in total. The van der Waals surface area contributed by atoms with E-state index in [-0.39, 0.29) is 5.69 Å². The lowest BCUT2D eigenvalue weighted by atomic mass is 10.2. The standard InChI is InChI=1S/C11H10BrNO2/c1-15-11(14)10-9(5-2-3-7-12)6-4-8-13-10/h4,6,8H,3,7H2,1H3. The van der Waals surface area contributed by atoms with Crippen LogP contribution in [0.5, 0.6) is 0 Å². The van der Waals surface area contributed by atoms with E-state index < -0.39 is 5.97 Å². The van der Waals surface area contributed by atoms with E-state index in [0.717, 1.165) is 11.8 Å². The summed E-state index contributed by atoms with van der Waals surface area (Å²) in [5.41, 5.74) is 0.868. The van der Waals surface area contributed by atoms with Crippen molar-refractivity contribution in [2.75, 3.05) is 12.4 Å². The molecule has 0 aliphatic carbocycles. The van der Waals surface area contributed by atoms with E-state index in [2.05, 4.69) is 37.5 Å². The number of hydrogen-bond acceptors (Lipinski definition) is 3. The van der Waals surface area contributed by atoms with Crippen molar-refractivity contribution in [3.05, 3.63) is 29.6 Å². The molecule has 4 heteroatoms. The zero-order chi connectivity index (χ0) is 11.1. The van der Waals surface area contributed by atoms with Crippen molar-refractivity contribution in [3.8, 4) is 11.8 Å². The Bertz CT molecular complexity index is 407. The fraction of sp³-hybridized carbons (Fsp3) is 0.273. The molecule has 0 spiro atoms. The van der Waals surface area contributed by atoms with Crippen LogP contribution in [0.15, 0.2) is 18.3 Å². The normalized spacial score (nSPS) is 8.93. The lowest BCUT2D eigenvalue weighted by Crippen LogP contribution is -2.06. The van der Waals surface area contributed by atoms with Gasteiger partial charge < -0.3 is 4.74 Å². The largest absolute Gasteiger partial charge is 0.464 e. The maximum atomic E-state index is 11.3. The first-order valence-electron chi connectivity index (χ1n) is 4.37. The number of pyridine rings is 1. The number of halogens is 1. The number of hydrogen-bond donors (Lipinski definition) is 0. The third-order valence-electron chi connectivity index (χ3n) is 1.63. The van der Waals surface area contributed by atoms with Gasteiger partial charge >= 0.3 is 5.97 Å². The van der Waals surface area contributed by atoms with E-state index in [9.17, 15) is 4.79 Å². The first kappa shape index (κ1) is 11.7. The van der Waals surface area contributed by atoms with Crippen LogP contribution < -0.4 is 0 Å². The van der Waals surface area contributed by atoms with E-state index in [1.165, 1.54) is 7.11 Å². The van der Waals surface area contributed by atoms with Crippen LogP contribution in [-0.2, 0) is 4.74 Å². The highest BCUT2D eigenvalue weighted by Crippen LogP contribution is 2.05. The quantitative estimate of drug-likeness (QED) is 0.468. The topological polar surface area (TPSA) is 39.2 Å². The molecule has 1 rings (SSSR count). The summed E-state index contributed by atoms with van der Waals surface area (Å²) >= 11 is 3.27. The fourth-order valence-corrected chi connectivity index (χ4v) is 1.17. The molecule has 1 aromatic heterocycles. The predicted molar refractivity (Wildman–Crippen MR) is 60.9 cm³/mol. The Balaban J connectivity index is 2.98. The van der Waals surface area contributed by atoms with Gasteiger partial charge in [-0.3, -0.25) is 0 Å². The third-order valence-corrected chi connectivity index (χ3v) is 2.03. The third kappa shape index (κ3) is 3.37. The Morgan fingerprint density at radius 1 is 1.67 bits per heavy atom. The van der Waals surface area contributed by atoms with E-state index in [0.29, 0.717) is 5.56 Å². The molecule has 1 aromatic rings. The van der Waals surface area contributed by atoms with Crippen molar-refractivity contribution in [1.29, 1.82) is 0 Å². The number of nitrogens with zero attached hydrogens (tertiary/aromatic N) is 1. The molecule has 1 heterocycles. The van der Waals surface area contributed by atoms with Gasteiger partial charge in [0, 0.05) is 17.9 Å². The number of carbonyl (C=O) groups is 1. The zero-order valence-corrected chi connectivity index (χ0v) is 9.87. The van der Waals surface area contributed by atoms with Crippen molar-refractivity contribution in [2.24, 2.45) is 0 Å². The Hall–Kier alpha value is -1.34. The number of carbonyl (C=O) groups excluding carboxylic acids is 1. The van der Waals surface area contributed by atoms with Gasteiger partial charge in [0.2, 0.25) is 0 Å². The van der Waals surface area contributed by atoms with Crippen LogP contribution in [0.3, 0.4) is 0 Å². The summed E-state index contributed by atoms with van der Waals surface area (Å²) in [5, 5.41) is 0.813. The highest BCUT2D eigenvalue weighted by Gasteiger charge is 2.10. The molecule has 0 fully saturated rings. The molecular formula is C11H10BrNO2. The lowest BCUT2D eigenvalue weighted by molar-refractivity contribution is 0.0593. The molecule has 0 aliphatic rings. The van der Waals surface area contributed by atoms with E-state index in [4.69, 9.17) is 0 Å². The van der Waals surface area contributed by atoms with Crippen LogP contribution in [0.4, 0.5) is 0 Å². The first-order valence-corrected chi connectivity index (χ1v) is 5.50. The Morgan fingerprint density at radius 3 is 3.13 bits per heavy atom. The SMILES string of the molecule is COC(=O)c1ncccc1C#CCCBr. The van der Waals surface area contributed by atoms with Crippen LogP contribution in [0.1, 0.15) is 22.5 Å². The molecule has 78 valence electrons. The molecule has 0 saturated carbocycles. The van der Waals surface area contributed by atoms with Gasteiger partial charge in [0.25, 0.3) is 0 Å². The average Bonchev–Trinajstić information content (AvgIpc) is 2.29. The van der Waals surface area contributed by atoms with Crippen molar-refractivity contribution in [2.45, 2.75) is 6.42 Å². The molecule has 0 atom stereocenters. The molecule has 15 heavy (non-hydrogen) atoms. The monoisotopic (exact) mass is 267 g/mol. The Morgan fingerprint density at radius 2 is 2.47 bits per heavy atom. The van der Waals surface area contributed by atoms with E-state index >= 15 is 0 Å². The zero-order valence-electron chi connectivity index (χ0n) is 8.29. The highest BCUT2D eigenvalue weighted by atomic mass is 79.9. The smallest absolute Gasteiger partial charge is 0.357 e. The maximum Gasteiger partial charge on any atom is 0.357 e. The van der Waals surface area contributed by atoms with Gasteiger partial charge in [-0.2, -0.15) is 0 Å². The minimum atomic E-state index is -0.459. The van der Waals surface area contributed by atoms with Crippen molar-refractivity contribution in [3.63, 3.8) is 0 Å². The summed E-state index contributed by atoms with van der Waals surface area (Å²) in [6.07, 6.45) is 2.28. The summed E-state index contributed by atoms with van der Waals surface area (Å²) in [4.78, 5) is 15.2. The molecule has 0 radical (unpaired) electrons. The van der Waals surface area contributed by atoms with Crippen molar-refractivity contribution in [1.82, 2.24) is 4.98 Å². The van der Waals surface area contributed by atoms with Gasteiger partial charge in [0.15, 0.2) is 5.69 Å². The predicted octanol–water partition coefficient (Wildman–Crippen LogP) is 2.00. The second-order valence-corrected chi connectivity index (χ2v) is 3.42. The van der Waals surface area contributed by atoms with Gasteiger partial charge in [-0.05, 0) is 12.1 Å². The second-order valence-electron chi connectivity index (χ2n) is 2.63. The molecule has 0 bridgehead atoms. The number of esters is 1. The minimum absolute atomic E-state index is 0.266. The molecule has 3 nitrogen and oxygen atoms in total. The minimum Gasteiger partial charge on any atom is -0.464 e. The molecule has 0 saturated heterocycles. The van der Waals surface area contributed by atoms with Crippen molar-refractivity contribution >= 4 is 21.9 Å². The van der Waals surface area contributed by atoms with E-state index in [1.54, 1.807) is 18.3 Å². The molecule has 0 unspecified atom stereocenters. The van der Waals surface area contributed by atoms with Crippen LogP contribution in [0, 0.1) is 11.8 Å². The van der Waals surface area contributed by atoms with Gasteiger partial charge in [-0.25, -0.2) is 9.78 Å². The van der Waals surface area contributed by atoms with Gasteiger partial charge in [-0.15, -0.1) is 0 Å². The number of aromatic nitrogens is 1. The van der Waals surface area contributed by atoms with Crippen LogP contribution in [0.2, 0.25) is 0 Å². The Kier molecular flexibility index (Phi) is 4.85. The molecule has 0 aliphatic heterocycles. The number of methoxy groups -OCH3 is 1. The number of alkyl halides is 1. The summed E-state index contributed by atoms with van der Waals surface area (Å²) in [6.45, 7) is 0. The molecular weight excluding hydrogens is 258 g/mol. The number of rotatable bonds is 2. The molecule has 0 amide bonds. The van der Waals surface area contributed by atoms with Gasteiger partial charge in [0.1, 0.15) is 0 Å². The van der Waals surface area contributed by atoms with Crippen LogP contribution >= 0.6 is 15.9 Å². The number of ether oxygens (including phenoxy) is 1. The van der Waals surface area contributed by atoms with E-state index in [1.807, 2.05) is 0 Å². The Labute approximate surface area is 97.0 Å². The summed E-state index contributed by atoms with van der Waals surface area (Å²) in [5.74, 6) is 5.35. The maximum absolute atomic E-state index is 11.3. The summed E-state index contributed by atoms with van der Waals surface area (Å²) in [7, 11) is 1.33. The van der Waals surface area contributed by atoms with Gasteiger partial charge in [0.05, 0.1) is 12.7 Å². The summed E-state index contributed by atoms with van der Waals surface area (Å²) in [6, 6.07) is 3.49. The first-order chi connectivity index (χ1) is 7.29. The lowest BCUT2D eigenvalue weighted by Gasteiger charge is -1.99. The highest BCUT2D eigenvalue weighted by molar-refractivity contribution is 9.09. The second kappa shape index (κ2) is 6.20. The fourth-order valence-electron chi connectivity index (χ4n) is 0.970. The summed E-state index contributed by atoms with van der Waals surface area (Å²) < 4.78 is 4.60.